The first-order valence-electron chi connectivity index (χ1n) is 5.86. The molecule has 0 spiro atoms. The normalized spacial score (nSPS) is 38.2. The number of carboxylic acids is 1. The molecule has 1 N–H and O–H groups in total. The molecule has 0 aromatic carbocycles. The van der Waals surface area contributed by atoms with Crippen LogP contribution in [0.3, 0.4) is 0 Å². The third kappa shape index (κ3) is 1.94. The Balaban J connectivity index is 2.06. The molecule has 2 heteroatoms. The van der Waals surface area contributed by atoms with Gasteiger partial charge in [0.15, 0.2) is 0 Å². The van der Waals surface area contributed by atoms with Gasteiger partial charge in [-0.1, -0.05) is 32.6 Å². The molecule has 2 atom stereocenters. The molecule has 0 saturated heterocycles. The Morgan fingerprint density at radius 3 is 2.64 bits per heavy atom. The van der Waals surface area contributed by atoms with Crippen LogP contribution < -0.4 is 0 Å². The van der Waals surface area contributed by atoms with Gasteiger partial charge in [0.05, 0.1) is 5.41 Å². The molecule has 14 heavy (non-hydrogen) atoms. The van der Waals surface area contributed by atoms with Gasteiger partial charge < -0.3 is 5.11 Å². The number of hydrogen-bond donors (Lipinski definition) is 1. The summed E-state index contributed by atoms with van der Waals surface area (Å²) in [4.78, 5) is 11.4. The summed E-state index contributed by atoms with van der Waals surface area (Å²) in [5.74, 6) is 0.811. The summed E-state index contributed by atoms with van der Waals surface area (Å²) < 4.78 is 0. The molecule has 0 aliphatic heterocycles. The first-order valence-corrected chi connectivity index (χ1v) is 5.86. The smallest absolute Gasteiger partial charge is 0.309 e. The Kier molecular flexibility index (Phi) is 2.54. The zero-order valence-corrected chi connectivity index (χ0v) is 8.96. The molecule has 0 radical (unpaired) electrons. The molecule has 2 unspecified atom stereocenters. The molecule has 0 aromatic heterocycles. The highest BCUT2D eigenvalue weighted by atomic mass is 16.4. The summed E-state index contributed by atoms with van der Waals surface area (Å²) in [6, 6.07) is 0. The Labute approximate surface area is 85.7 Å². The highest BCUT2D eigenvalue weighted by molar-refractivity contribution is 5.74. The van der Waals surface area contributed by atoms with Gasteiger partial charge in [0.2, 0.25) is 0 Å². The number of carbonyl (C=O) groups is 1. The summed E-state index contributed by atoms with van der Waals surface area (Å²) in [5.41, 5.74) is -0.348. The van der Waals surface area contributed by atoms with Crippen molar-refractivity contribution in [2.45, 2.75) is 51.9 Å². The SMILES string of the molecule is CC1CCCC(CC2CC2)(C(=O)O)C1. The molecule has 0 amide bonds. The van der Waals surface area contributed by atoms with Crippen molar-refractivity contribution in [1.82, 2.24) is 0 Å². The molecule has 0 aromatic rings. The molecular formula is C12H20O2. The van der Waals surface area contributed by atoms with Crippen molar-refractivity contribution in [3.8, 4) is 0 Å². The van der Waals surface area contributed by atoms with E-state index in [4.69, 9.17) is 0 Å². The van der Waals surface area contributed by atoms with Gasteiger partial charge in [-0.15, -0.1) is 0 Å². The maximum atomic E-state index is 11.4. The van der Waals surface area contributed by atoms with Gasteiger partial charge in [-0.2, -0.15) is 0 Å². The van der Waals surface area contributed by atoms with E-state index in [0.29, 0.717) is 5.92 Å². The van der Waals surface area contributed by atoms with Crippen molar-refractivity contribution < 1.29 is 9.90 Å². The Hall–Kier alpha value is -0.530. The molecule has 80 valence electrons. The van der Waals surface area contributed by atoms with Crippen molar-refractivity contribution in [2.24, 2.45) is 17.3 Å². The average molecular weight is 196 g/mol. The minimum atomic E-state index is -0.532. The number of aliphatic carboxylic acids is 1. The predicted octanol–water partition coefficient (Wildman–Crippen LogP) is 3.07. The van der Waals surface area contributed by atoms with Crippen molar-refractivity contribution in [3.05, 3.63) is 0 Å². The fraction of sp³-hybridized carbons (Fsp3) is 0.917. The summed E-state index contributed by atoms with van der Waals surface area (Å²) in [7, 11) is 0. The predicted molar refractivity (Wildman–Crippen MR) is 55.0 cm³/mol. The monoisotopic (exact) mass is 196 g/mol. The lowest BCUT2D eigenvalue weighted by atomic mass is 9.67. The van der Waals surface area contributed by atoms with Crippen LogP contribution in [-0.2, 0) is 4.79 Å². The van der Waals surface area contributed by atoms with E-state index in [-0.39, 0.29) is 5.41 Å². The number of carboxylic acid groups (broad SMARTS) is 1. The van der Waals surface area contributed by atoms with Crippen LogP contribution in [0.2, 0.25) is 0 Å². The zero-order valence-electron chi connectivity index (χ0n) is 8.96. The fourth-order valence-electron chi connectivity index (χ4n) is 3.00. The van der Waals surface area contributed by atoms with E-state index in [2.05, 4.69) is 6.92 Å². The van der Waals surface area contributed by atoms with Crippen molar-refractivity contribution in [1.29, 1.82) is 0 Å². The highest BCUT2D eigenvalue weighted by Crippen LogP contribution is 2.49. The maximum absolute atomic E-state index is 11.4. The molecule has 2 aliphatic carbocycles. The molecule has 2 rings (SSSR count). The van der Waals surface area contributed by atoms with Crippen LogP contribution >= 0.6 is 0 Å². The van der Waals surface area contributed by atoms with E-state index in [0.717, 1.165) is 31.6 Å². The van der Waals surface area contributed by atoms with Crippen molar-refractivity contribution >= 4 is 5.97 Å². The van der Waals surface area contributed by atoms with E-state index in [1.807, 2.05) is 0 Å². The first kappa shape index (κ1) is 10.0. The van der Waals surface area contributed by atoms with Gasteiger partial charge in [-0.25, -0.2) is 0 Å². The molecule has 0 bridgehead atoms. The second-order valence-electron chi connectivity index (χ2n) is 5.43. The van der Waals surface area contributed by atoms with Gasteiger partial charge in [0.25, 0.3) is 0 Å². The van der Waals surface area contributed by atoms with Crippen molar-refractivity contribution in [2.75, 3.05) is 0 Å². The van der Waals surface area contributed by atoms with Crippen LogP contribution in [0.15, 0.2) is 0 Å². The van der Waals surface area contributed by atoms with E-state index >= 15 is 0 Å². The second kappa shape index (κ2) is 3.56. The fourth-order valence-corrected chi connectivity index (χ4v) is 3.00. The summed E-state index contributed by atoms with van der Waals surface area (Å²) in [6.45, 7) is 2.20. The number of rotatable bonds is 3. The van der Waals surface area contributed by atoms with Gasteiger partial charge in [0, 0.05) is 0 Å². The maximum Gasteiger partial charge on any atom is 0.309 e. The molecule has 2 aliphatic rings. The third-order valence-electron chi connectivity index (χ3n) is 3.92. The molecular weight excluding hydrogens is 176 g/mol. The van der Waals surface area contributed by atoms with Gasteiger partial charge in [-0.05, 0) is 31.1 Å². The van der Waals surface area contributed by atoms with E-state index in [9.17, 15) is 9.90 Å². The lowest BCUT2D eigenvalue weighted by molar-refractivity contribution is -0.153. The molecule has 2 nitrogen and oxygen atoms in total. The van der Waals surface area contributed by atoms with Crippen LogP contribution in [0.4, 0.5) is 0 Å². The molecule has 2 fully saturated rings. The lowest BCUT2D eigenvalue weighted by Gasteiger charge is -2.36. The third-order valence-corrected chi connectivity index (χ3v) is 3.92. The van der Waals surface area contributed by atoms with Crippen LogP contribution in [0, 0.1) is 17.3 Å². The van der Waals surface area contributed by atoms with Crippen LogP contribution in [0.25, 0.3) is 0 Å². The van der Waals surface area contributed by atoms with Crippen LogP contribution in [-0.4, -0.2) is 11.1 Å². The van der Waals surface area contributed by atoms with Crippen LogP contribution in [0.1, 0.15) is 51.9 Å². The molecule has 2 saturated carbocycles. The number of hydrogen-bond acceptors (Lipinski definition) is 1. The minimum Gasteiger partial charge on any atom is -0.481 e. The standard InChI is InChI=1S/C12H20O2/c1-9-3-2-6-12(7-9,11(13)14)8-10-4-5-10/h9-10H,2-8H2,1H3,(H,13,14). The Morgan fingerprint density at radius 1 is 1.43 bits per heavy atom. The van der Waals surface area contributed by atoms with E-state index < -0.39 is 5.97 Å². The first-order chi connectivity index (χ1) is 6.62. The quantitative estimate of drug-likeness (QED) is 0.753. The summed E-state index contributed by atoms with van der Waals surface area (Å²) in [5, 5.41) is 9.38. The van der Waals surface area contributed by atoms with Crippen LogP contribution in [0.5, 0.6) is 0 Å². The largest absolute Gasteiger partial charge is 0.481 e. The van der Waals surface area contributed by atoms with E-state index in [1.54, 1.807) is 0 Å². The average Bonchev–Trinajstić information content (AvgIpc) is 2.88. The molecule has 0 heterocycles. The summed E-state index contributed by atoms with van der Waals surface area (Å²) >= 11 is 0. The summed E-state index contributed by atoms with van der Waals surface area (Å²) in [6.07, 6.45) is 7.65. The van der Waals surface area contributed by atoms with Gasteiger partial charge in [0.1, 0.15) is 0 Å². The van der Waals surface area contributed by atoms with E-state index in [1.165, 1.54) is 19.3 Å². The minimum absolute atomic E-state index is 0.348. The van der Waals surface area contributed by atoms with Crippen molar-refractivity contribution in [3.63, 3.8) is 0 Å². The highest BCUT2D eigenvalue weighted by Gasteiger charge is 2.45. The Morgan fingerprint density at radius 2 is 2.14 bits per heavy atom. The second-order valence-corrected chi connectivity index (χ2v) is 5.43. The Bertz CT molecular complexity index is 228. The van der Waals surface area contributed by atoms with Gasteiger partial charge in [-0.3, -0.25) is 4.79 Å². The topological polar surface area (TPSA) is 37.3 Å². The lowest BCUT2D eigenvalue weighted by Crippen LogP contribution is -2.36. The zero-order chi connectivity index (χ0) is 10.2. The van der Waals surface area contributed by atoms with Gasteiger partial charge >= 0.3 is 5.97 Å².